The number of benzene rings is 1. The van der Waals surface area contributed by atoms with E-state index >= 15 is 0 Å². The molecule has 0 aliphatic carbocycles. The summed E-state index contributed by atoms with van der Waals surface area (Å²) >= 11 is 1.34. The van der Waals surface area contributed by atoms with Gasteiger partial charge >= 0.3 is 0 Å². The molecule has 0 saturated carbocycles. The molecule has 1 aliphatic heterocycles. The minimum atomic E-state index is -3.30. The van der Waals surface area contributed by atoms with Gasteiger partial charge in [0.05, 0.1) is 15.9 Å². The molecule has 1 saturated heterocycles. The molecule has 1 aliphatic rings. The second kappa shape index (κ2) is 9.80. The first-order valence-electron chi connectivity index (χ1n) is 8.35. The fourth-order valence-electron chi connectivity index (χ4n) is 2.81. The predicted molar refractivity (Wildman–Crippen MR) is 105 cm³/mol. The molecule has 0 bridgehead atoms. The number of amides is 1. The minimum absolute atomic E-state index is 0. The van der Waals surface area contributed by atoms with Gasteiger partial charge in [-0.05, 0) is 32.4 Å². The van der Waals surface area contributed by atoms with Crippen LogP contribution in [0.3, 0.4) is 0 Å². The Bertz CT molecular complexity index is 682. The summed E-state index contributed by atoms with van der Waals surface area (Å²) in [6, 6.07) is 7.26. The lowest BCUT2D eigenvalue weighted by Gasteiger charge is -2.33. The van der Waals surface area contributed by atoms with Gasteiger partial charge < -0.3 is 10.2 Å². The third kappa shape index (κ3) is 5.88. The summed E-state index contributed by atoms with van der Waals surface area (Å²) in [7, 11) is -3.30. The van der Waals surface area contributed by atoms with Gasteiger partial charge in [0.1, 0.15) is 0 Å². The number of halogens is 1. The number of nitrogens with one attached hydrogen (secondary N) is 1. The first kappa shape index (κ1) is 22.3. The largest absolute Gasteiger partial charge is 0.339 e. The highest BCUT2D eigenvalue weighted by molar-refractivity contribution is 8.01. The molecular formula is C17H27ClN2O3S2. The first-order valence-corrected chi connectivity index (χ1v) is 10.9. The number of nitrogens with zero attached hydrogens (tertiary/aromatic N) is 1. The zero-order valence-electron chi connectivity index (χ0n) is 14.9. The van der Waals surface area contributed by atoms with E-state index in [9.17, 15) is 13.2 Å². The van der Waals surface area contributed by atoms with E-state index in [1.54, 1.807) is 18.2 Å². The summed E-state index contributed by atoms with van der Waals surface area (Å²) in [5.74, 6) is 0.193. The Morgan fingerprint density at radius 2 is 2.08 bits per heavy atom. The van der Waals surface area contributed by atoms with Crippen molar-refractivity contribution < 1.29 is 13.2 Å². The summed E-state index contributed by atoms with van der Waals surface area (Å²) in [5.41, 5.74) is 0. The number of carbonyl (C=O) groups excluding carboxylic acids is 1. The van der Waals surface area contributed by atoms with Crippen molar-refractivity contribution >= 4 is 39.9 Å². The van der Waals surface area contributed by atoms with Crippen molar-refractivity contribution in [2.24, 2.45) is 0 Å². The van der Waals surface area contributed by atoms with Crippen LogP contribution in [0, 0.1) is 0 Å². The summed E-state index contributed by atoms with van der Waals surface area (Å²) in [6.45, 7) is 7.95. The highest BCUT2D eigenvalue weighted by Crippen LogP contribution is 2.31. The van der Waals surface area contributed by atoms with Crippen molar-refractivity contribution in [3.63, 3.8) is 0 Å². The smallest absolute Gasteiger partial charge is 0.235 e. The Kier molecular flexibility index (Phi) is 8.74. The van der Waals surface area contributed by atoms with Gasteiger partial charge in [0.25, 0.3) is 0 Å². The summed E-state index contributed by atoms with van der Waals surface area (Å²) in [4.78, 5) is 15.5. The van der Waals surface area contributed by atoms with E-state index in [0.29, 0.717) is 29.3 Å². The van der Waals surface area contributed by atoms with Crippen molar-refractivity contribution in [3.8, 4) is 0 Å². The van der Waals surface area contributed by atoms with Crippen molar-refractivity contribution in [2.75, 3.05) is 25.4 Å². The van der Waals surface area contributed by atoms with E-state index in [-0.39, 0.29) is 35.4 Å². The number of hydrogen-bond acceptors (Lipinski definition) is 5. The van der Waals surface area contributed by atoms with Crippen LogP contribution in [0.15, 0.2) is 34.1 Å². The lowest BCUT2D eigenvalue weighted by atomic mass is 10.2. The van der Waals surface area contributed by atoms with Crippen molar-refractivity contribution in [1.82, 2.24) is 10.2 Å². The summed E-state index contributed by atoms with van der Waals surface area (Å²) < 4.78 is 24.9. The predicted octanol–water partition coefficient (Wildman–Crippen LogP) is 2.59. The van der Waals surface area contributed by atoms with Gasteiger partial charge in [-0.1, -0.05) is 19.1 Å². The first-order chi connectivity index (χ1) is 11.3. The monoisotopic (exact) mass is 406 g/mol. The van der Waals surface area contributed by atoms with Gasteiger partial charge in [0.15, 0.2) is 9.84 Å². The van der Waals surface area contributed by atoms with Crippen LogP contribution in [0.5, 0.6) is 0 Å². The molecule has 2 atom stereocenters. The van der Waals surface area contributed by atoms with E-state index in [1.165, 1.54) is 11.8 Å². The van der Waals surface area contributed by atoms with Crippen LogP contribution in [0.1, 0.15) is 27.2 Å². The zero-order chi connectivity index (χ0) is 17.7. The lowest BCUT2D eigenvalue weighted by Crippen LogP contribution is -2.53. The third-order valence-corrected chi connectivity index (χ3v) is 7.26. The Morgan fingerprint density at radius 1 is 1.40 bits per heavy atom. The highest BCUT2D eigenvalue weighted by atomic mass is 35.5. The maximum absolute atomic E-state index is 12.7. The Labute approximate surface area is 161 Å². The van der Waals surface area contributed by atoms with Gasteiger partial charge in [-0.2, -0.15) is 0 Å². The number of piperazine rings is 1. The molecule has 1 fully saturated rings. The van der Waals surface area contributed by atoms with Crippen LogP contribution < -0.4 is 5.32 Å². The van der Waals surface area contributed by atoms with Crippen LogP contribution in [-0.4, -0.2) is 55.9 Å². The molecule has 0 spiro atoms. The molecule has 142 valence electrons. The van der Waals surface area contributed by atoms with Crippen LogP contribution in [-0.2, 0) is 14.6 Å². The quantitative estimate of drug-likeness (QED) is 0.735. The second-order valence-corrected chi connectivity index (χ2v) is 9.63. The van der Waals surface area contributed by atoms with Gasteiger partial charge in [-0.25, -0.2) is 8.42 Å². The van der Waals surface area contributed by atoms with Crippen LogP contribution >= 0.6 is 24.2 Å². The van der Waals surface area contributed by atoms with E-state index in [4.69, 9.17) is 0 Å². The minimum Gasteiger partial charge on any atom is -0.339 e. The lowest BCUT2D eigenvalue weighted by molar-refractivity contribution is -0.131. The molecule has 2 rings (SSSR count). The van der Waals surface area contributed by atoms with Crippen LogP contribution in [0.25, 0.3) is 0 Å². The second-order valence-electron chi connectivity index (χ2n) is 6.17. The van der Waals surface area contributed by atoms with Crippen molar-refractivity contribution in [2.45, 2.75) is 48.3 Å². The third-order valence-electron chi connectivity index (χ3n) is 3.99. The number of carbonyl (C=O) groups is 1. The fraction of sp³-hybridized carbons (Fsp3) is 0.588. The zero-order valence-corrected chi connectivity index (χ0v) is 17.3. The average Bonchev–Trinajstić information content (AvgIpc) is 2.54. The summed E-state index contributed by atoms with van der Waals surface area (Å²) in [5, 5.41) is 3.01. The van der Waals surface area contributed by atoms with E-state index < -0.39 is 9.84 Å². The molecule has 8 heteroatoms. The van der Waals surface area contributed by atoms with E-state index in [1.807, 2.05) is 24.8 Å². The maximum atomic E-state index is 12.7. The van der Waals surface area contributed by atoms with E-state index in [2.05, 4.69) is 12.2 Å². The Hall–Kier alpha value is -0.760. The topological polar surface area (TPSA) is 66.5 Å². The average molecular weight is 407 g/mol. The Balaban J connectivity index is 0.00000312. The fourth-order valence-corrected chi connectivity index (χ4v) is 5.73. The standard InChI is InChI=1S/C17H26N2O3S2.ClH/c1-4-11-24(21,22)16-8-6-5-7-15(16)23-14(3)17(20)19-10-9-18-13(2)12-19;/h5-8,13-14,18H,4,9-12H2,1-3H3;1H. The SMILES string of the molecule is CCCS(=O)(=O)c1ccccc1SC(C)C(=O)N1CCNC(C)C1.Cl. The number of sulfone groups is 1. The van der Waals surface area contributed by atoms with Gasteiger partial charge in [-0.15, -0.1) is 24.2 Å². The van der Waals surface area contributed by atoms with Gasteiger partial charge in [0.2, 0.25) is 5.91 Å². The normalized spacial score (nSPS) is 19.2. The number of thioether (sulfide) groups is 1. The van der Waals surface area contributed by atoms with E-state index in [0.717, 1.165) is 6.54 Å². The van der Waals surface area contributed by atoms with Crippen LogP contribution in [0.4, 0.5) is 0 Å². The molecule has 1 N–H and O–H groups in total. The highest BCUT2D eigenvalue weighted by Gasteiger charge is 2.27. The molecule has 1 heterocycles. The number of rotatable bonds is 6. The molecule has 2 unspecified atom stereocenters. The van der Waals surface area contributed by atoms with Gasteiger partial charge in [-0.3, -0.25) is 4.79 Å². The molecule has 5 nitrogen and oxygen atoms in total. The molecule has 25 heavy (non-hydrogen) atoms. The van der Waals surface area contributed by atoms with Gasteiger partial charge in [0, 0.05) is 30.6 Å². The molecule has 1 aromatic rings. The van der Waals surface area contributed by atoms with Crippen LogP contribution in [0.2, 0.25) is 0 Å². The number of hydrogen-bond donors (Lipinski definition) is 1. The molecular weight excluding hydrogens is 380 g/mol. The molecule has 1 amide bonds. The molecule has 0 radical (unpaired) electrons. The van der Waals surface area contributed by atoms with Crippen molar-refractivity contribution in [1.29, 1.82) is 0 Å². The van der Waals surface area contributed by atoms with Crippen molar-refractivity contribution in [3.05, 3.63) is 24.3 Å². The molecule has 1 aromatic carbocycles. The maximum Gasteiger partial charge on any atom is 0.235 e. The summed E-state index contributed by atoms with van der Waals surface area (Å²) in [6.07, 6.45) is 0.578. The Morgan fingerprint density at radius 3 is 2.72 bits per heavy atom. The molecule has 0 aromatic heterocycles.